The standard InChI is InChI=1S/C15H25NO2/c1-5-8-10-12-11(4)14(15(17)18-7-3)16-13(12)9-6-2/h16H,5-10H2,1-4H3. The molecule has 102 valence electrons. The first kappa shape index (κ1) is 14.8. The largest absolute Gasteiger partial charge is 0.461 e. The van der Waals surface area contributed by atoms with E-state index in [9.17, 15) is 4.79 Å². The second kappa shape index (κ2) is 7.24. The molecule has 0 saturated heterocycles. The Labute approximate surface area is 110 Å². The molecule has 0 atom stereocenters. The lowest BCUT2D eigenvalue weighted by atomic mass is 10.0. The molecule has 3 heteroatoms. The van der Waals surface area contributed by atoms with Gasteiger partial charge in [-0.05, 0) is 44.2 Å². The summed E-state index contributed by atoms with van der Waals surface area (Å²) in [5.41, 5.74) is 4.25. The molecule has 0 aliphatic carbocycles. The predicted molar refractivity (Wildman–Crippen MR) is 74.1 cm³/mol. The Bertz CT molecular complexity index is 393. The van der Waals surface area contributed by atoms with Gasteiger partial charge in [0.25, 0.3) is 0 Å². The molecule has 0 radical (unpaired) electrons. The second-order valence-corrected chi connectivity index (χ2v) is 4.66. The number of hydrogen-bond acceptors (Lipinski definition) is 2. The van der Waals surface area contributed by atoms with Gasteiger partial charge in [0.15, 0.2) is 0 Å². The molecule has 1 heterocycles. The summed E-state index contributed by atoms with van der Waals surface area (Å²) >= 11 is 0. The Morgan fingerprint density at radius 3 is 2.44 bits per heavy atom. The van der Waals surface area contributed by atoms with Crippen LogP contribution in [0.1, 0.15) is 67.3 Å². The molecule has 0 amide bonds. The van der Waals surface area contributed by atoms with Gasteiger partial charge in [0, 0.05) is 5.69 Å². The van der Waals surface area contributed by atoms with Gasteiger partial charge in [-0.15, -0.1) is 0 Å². The lowest BCUT2D eigenvalue weighted by Gasteiger charge is -2.03. The third-order valence-electron chi connectivity index (χ3n) is 3.23. The summed E-state index contributed by atoms with van der Waals surface area (Å²) in [4.78, 5) is 15.1. The maximum atomic E-state index is 11.9. The zero-order chi connectivity index (χ0) is 13.5. The first-order chi connectivity index (χ1) is 8.65. The van der Waals surface area contributed by atoms with Crippen molar-refractivity contribution in [2.45, 2.75) is 59.8 Å². The van der Waals surface area contributed by atoms with Crippen molar-refractivity contribution < 1.29 is 9.53 Å². The van der Waals surface area contributed by atoms with Gasteiger partial charge in [-0.3, -0.25) is 0 Å². The molecule has 1 N–H and O–H groups in total. The van der Waals surface area contributed by atoms with Gasteiger partial charge in [-0.25, -0.2) is 4.79 Å². The van der Waals surface area contributed by atoms with E-state index in [-0.39, 0.29) is 5.97 Å². The number of aromatic nitrogens is 1. The summed E-state index contributed by atoms with van der Waals surface area (Å²) in [6.45, 7) is 8.62. The number of aromatic amines is 1. The SMILES string of the molecule is CCCCc1c(CCC)[nH]c(C(=O)OCC)c1C. The van der Waals surface area contributed by atoms with Crippen molar-refractivity contribution in [1.82, 2.24) is 4.98 Å². The van der Waals surface area contributed by atoms with Crippen molar-refractivity contribution in [3.8, 4) is 0 Å². The third kappa shape index (κ3) is 3.37. The van der Waals surface area contributed by atoms with Crippen LogP contribution in [0.4, 0.5) is 0 Å². The Morgan fingerprint density at radius 1 is 1.17 bits per heavy atom. The monoisotopic (exact) mass is 251 g/mol. The molecule has 0 saturated carbocycles. The quantitative estimate of drug-likeness (QED) is 0.749. The summed E-state index contributed by atoms with van der Waals surface area (Å²) in [6.07, 6.45) is 5.47. The minimum atomic E-state index is -0.227. The summed E-state index contributed by atoms with van der Waals surface area (Å²) in [5.74, 6) is -0.227. The smallest absolute Gasteiger partial charge is 0.355 e. The van der Waals surface area contributed by atoms with Crippen molar-refractivity contribution in [1.29, 1.82) is 0 Å². The first-order valence-electron chi connectivity index (χ1n) is 7.03. The number of ether oxygens (including phenoxy) is 1. The molecule has 1 aromatic heterocycles. The highest BCUT2D eigenvalue weighted by molar-refractivity contribution is 5.89. The van der Waals surface area contributed by atoms with Crippen molar-refractivity contribution in [3.63, 3.8) is 0 Å². The van der Waals surface area contributed by atoms with E-state index in [2.05, 4.69) is 18.8 Å². The number of esters is 1. The number of hydrogen-bond donors (Lipinski definition) is 1. The number of H-pyrrole nitrogens is 1. The van der Waals surface area contributed by atoms with Crippen LogP contribution in [-0.4, -0.2) is 17.6 Å². The molecule has 1 rings (SSSR count). The number of carbonyl (C=O) groups is 1. The number of aryl methyl sites for hydroxylation is 1. The average Bonchev–Trinajstić information content (AvgIpc) is 2.65. The molecule has 0 aliphatic rings. The van der Waals surface area contributed by atoms with Crippen LogP contribution in [-0.2, 0) is 17.6 Å². The van der Waals surface area contributed by atoms with Gasteiger partial charge in [-0.1, -0.05) is 26.7 Å². The third-order valence-corrected chi connectivity index (χ3v) is 3.23. The van der Waals surface area contributed by atoms with Crippen molar-refractivity contribution >= 4 is 5.97 Å². The van der Waals surface area contributed by atoms with Gasteiger partial charge in [0.1, 0.15) is 5.69 Å². The summed E-state index contributed by atoms with van der Waals surface area (Å²) < 4.78 is 5.09. The lowest BCUT2D eigenvalue weighted by molar-refractivity contribution is 0.0519. The molecule has 18 heavy (non-hydrogen) atoms. The maximum Gasteiger partial charge on any atom is 0.355 e. The normalized spacial score (nSPS) is 10.7. The molecule has 0 spiro atoms. The van der Waals surface area contributed by atoms with E-state index < -0.39 is 0 Å². The fourth-order valence-electron chi connectivity index (χ4n) is 2.26. The number of rotatable bonds is 7. The molecule has 3 nitrogen and oxygen atoms in total. The molecule has 1 aromatic rings. The fraction of sp³-hybridized carbons (Fsp3) is 0.667. The van der Waals surface area contributed by atoms with Gasteiger partial charge >= 0.3 is 5.97 Å². The number of nitrogens with one attached hydrogen (secondary N) is 1. The Balaban J connectivity index is 3.02. The fourth-order valence-corrected chi connectivity index (χ4v) is 2.26. The molecule has 0 bridgehead atoms. The molecular formula is C15H25NO2. The lowest BCUT2D eigenvalue weighted by Crippen LogP contribution is -2.06. The van der Waals surface area contributed by atoms with Crippen molar-refractivity contribution in [3.05, 3.63) is 22.5 Å². The zero-order valence-electron chi connectivity index (χ0n) is 12.1. The van der Waals surface area contributed by atoms with Crippen molar-refractivity contribution in [2.24, 2.45) is 0 Å². The number of unbranched alkanes of at least 4 members (excludes halogenated alkanes) is 1. The Hall–Kier alpha value is -1.25. The highest BCUT2D eigenvalue weighted by atomic mass is 16.5. The summed E-state index contributed by atoms with van der Waals surface area (Å²) in [7, 11) is 0. The summed E-state index contributed by atoms with van der Waals surface area (Å²) in [5, 5.41) is 0. The van der Waals surface area contributed by atoms with Gasteiger partial charge in [0.05, 0.1) is 6.61 Å². The maximum absolute atomic E-state index is 11.9. The zero-order valence-corrected chi connectivity index (χ0v) is 12.1. The highest BCUT2D eigenvalue weighted by Gasteiger charge is 2.19. The number of carbonyl (C=O) groups excluding carboxylic acids is 1. The van der Waals surface area contributed by atoms with Gasteiger partial charge in [-0.2, -0.15) is 0 Å². The van der Waals surface area contributed by atoms with E-state index in [1.165, 1.54) is 17.7 Å². The van der Waals surface area contributed by atoms with Crippen LogP contribution >= 0.6 is 0 Å². The van der Waals surface area contributed by atoms with E-state index in [0.29, 0.717) is 12.3 Å². The van der Waals surface area contributed by atoms with Crippen LogP contribution in [0.3, 0.4) is 0 Å². The van der Waals surface area contributed by atoms with Crippen LogP contribution < -0.4 is 0 Å². The van der Waals surface area contributed by atoms with Crippen LogP contribution in [0.15, 0.2) is 0 Å². The van der Waals surface area contributed by atoms with E-state index in [4.69, 9.17) is 4.74 Å². The molecule has 0 aliphatic heterocycles. The van der Waals surface area contributed by atoms with Gasteiger partial charge in [0.2, 0.25) is 0 Å². The van der Waals surface area contributed by atoms with E-state index >= 15 is 0 Å². The predicted octanol–water partition coefficient (Wildman–Crippen LogP) is 3.79. The Kier molecular flexibility index (Phi) is 5.96. The Morgan fingerprint density at radius 2 is 1.89 bits per heavy atom. The molecular weight excluding hydrogens is 226 g/mol. The average molecular weight is 251 g/mol. The molecule has 0 unspecified atom stereocenters. The minimum Gasteiger partial charge on any atom is -0.461 e. The van der Waals surface area contributed by atoms with Crippen molar-refractivity contribution in [2.75, 3.05) is 6.61 Å². The highest BCUT2D eigenvalue weighted by Crippen LogP contribution is 2.22. The van der Waals surface area contributed by atoms with E-state index in [0.717, 1.165) is 31.2 Å². The van der Waals surface area contributed by atoms with E-state index in [1.807, 2.05) is 13.8 Å². The van der Waals surface area contributed by atoms with Crippen LogP contribution in [0.2, 0.25) is 0 Å². The first-order valence-corrected chi connectivity index (χ1v) is 7.03. The molecule has 0 fully saturated rings. The molecule has 0 aromatic carbocycles. The summed E-state index contributed by atoms with van der Waals surface area (Å²) in [6, 6.07) is 0. The van der Waals surface area contributed by atoms with E-state index in [1.54, 1.807) is 0 Å². The minimum absolute atomic E-state index is 0.227. The second-order valence-electron chi connectivity index (χ2n) is 4.66. The van der Waals surface area contributed by atoms with Crippen LogP contribution in [0.5, 0.6) is 0 Å². The van der Waals surface area contributed by atoms with Crippen LogP contribution in [0.25, 0.3) is 0 Å². The van der Waals surface area contributed by atoms with Gasteiger partial charge < -0.3 is 9.72 Å². The van der Waals surface area contributed by atoms with Crippen LogP contribution in [0, 0.1) is 6.92 Å². The topological polar surface area (TPSA) is 42.1 Å².